The van der Waals surface area contributed by atoms with Crippen LogP contribution in [0.3, 0.4) is 0 Å². The predicted octanol–water partition coefficient (Wildman–Crippen LogP) is 2.48. The van der Waals surface area contributed by atoms with E-state index < -0.39 is 0 Å². The van der Waals surface area contributed by atoms with Crippen molar-refractivity contribution >= 4 is 18.3 Å². The van der Waals surface area contributed by atoms with E-state index in [-0.39, 0.29) is 24.4 Å². The van der Waals surface area contributed by atoms with Gasteiger partial charge in [0.15, 0.2) is 0 Å². The maximum absolute atomic E-state index is 11.7. The lowest BCUT2D eigenvalue weighted by molar-refractivity contribution is -0.122. The molecule has 0 spiro atoms. The van der Waals surface area contributed by atoms with Crippen LogP contribution in [-0.2, 0) is 4.79 Å². The first-order valence-electron chi connectivity index (χ1n) is 6.52. The first kappa shape index (κ1) is 16.7. The van der Waals surface area contributed by atoms with E-state index in [1.165, 1.54) is 19.3 Å². The Balaban J connectivity index is 0.00000256. The Labute approximate surface area is 111 Å². The SMILES string of the molecule is CCCC(N)C(=O)NCC1(CC(C)C)CC1.Cl. The lowest BCUT2D eigenvalue weighted by Gasteiger charge is -2.19. The Morgan fingerprint density at radius 2 is 2.00 bits per heavy atom. The highest BCUT2D eigenvalue weighted by Gasteiger charge is 2.42. The number of amides is 1. The first-order chi connectivity index (χ1) is 7.49. The molecule has 102 valence electrons. The van der Waals surface area contributed by atoms with E-state index >= 15 is 0 Å². The number of nitrogens with one attached hydrogen (secondary N) is 1. The molecule has 17 heavy (non-hydrogen) atoms. The van der Waals surface area contributed by atoms with E-state index in [0.717, 1.165) is 19.4 Å². The molecule has 1 aliphatic carbocycles. The lowest BCUT2D eigenvalue weighted by atomic mass is 9.94. The standard InChI is InChI=1S/C13H26N2O.ClH/c1-4-5-11(14)12(16)15-9-13(6-7-13)8-10(2)3;/h10-11H,4-9,14H2,1-3H3,(H,15,16);1H. The fraction of sp³-hybridized carbons (Fsp3) is 0.923. The molecule has 0 heterocycles. The lowest BCUT2D eigenvalue weighted by Crippen LogP contribution is -2.42. The second-order valence-corrected chi connectivity index (χ2v) is 5.71. The van der Waals surface area contributed by atoms with Gasteiger partial charge in [-0.15, -0.1) is 12.4 Å². The highest BCUT2D eigenvalue weighted by atomic mass is 35.5. The minimum atomic E-state index is -0.320. The zero-order chi connectivity index (χ0) is 12.2. The molecule has 0 aromatic carbocycles. The summed E-state index contributed by atoms with van der Waals surface area (Å²) in [6.07, 6.45) is 5.48. The van der Waals surface area contributed by atoms with Crippen molar-refractivity contribution in [2.45, 2.75) is 58.9 Å². The number of rotatable bonds is 7. The Kier molecular flexibility index (Phi) is 7.10. The summed E-state index contributed by atoms with van der Waals surface area (Å²) < 4.78 is 0. The fourth-order valence-corrected chi connectivity index (χ4v) is 2.34. The molecule has 4 heteroatoms. The van der Waals surface area contributed by atoms with Crippen LogP contribution in [0, 0.1) is 11.3 Å². The van der Waals surface area contributed by atoms with Crippen LogP contribution in [0.25, 0.3) is 0 Å². The van der Waals surface area contributed by atoms with Gasteiger partial charge in [0, 0.05) is 6.54 Å². The molecule has 0 bridgehead atoms. The third-order valence-electron chi connectivity index (χ3n) is 3.37. The summed E-state index contributed by atoms with van der Waals surface area (Å²) in [5.41, 5.74) is 6.17. The van der Waals surface area contributed by atoms with Crippen LogP contribution in [0.5, 0.6) is 0 Å². The van der Waals surface area contributed by atoms with E-state index in [0.29, 0.717) is 11.3 Å². The summed E-state index contributed by atoms with van der Waals surface area (Å²) in [5.74, 6) is 0.737. The molecule has 0 aliphatic heterocycles. The molecular weight excluding hydrogens is 236 g/mol. The maximum atomic E-state index is 11.7. The van der Waals surface area contributed by atoms with Gasteiger partial charge in [0.1, 0.15) is 0 Å². The largest absolute Gasteiger partial charge is 0.354 e. The summed E-state index contributed by atoms with van der Waals surface area (Å²) in [6, 6.07) is -0.320. The summed E-state index contributed by atoms with van der Waals surface area (Å²) in [4.78, 5) is 11.7. The van der Waals surface area contributed by atoms with Gasteiger partial charge in [0.2, 0.25) is 5.91 Å². The van der Waals surface area contributed by atoms with E-state index in [2.05, 4.69) is 19.2 Å². The first-order valence-corrected chi connectivity index (χ1v) is 6.52. The number of nitrogens with two attached hydrogens (primary N) is 1. The van der Waals surface area contributed by atoms with Gasteiger partial charge in [-0.3, -0.25) is 4.79 Å². The number of halogens is 1. The molecule has 1 atom stereocenters. The van der Waals surface area contributed by atoms with Crippen molar-refractivity contribution in [3.05, 3.63) is 0 Å². The van der Waals surface area contributed by atoms with Crippen LogP contribution < -0.4 is 11.1 Å². The average Bonchev–Trinajstić information content (AvgIpc) is 2.94. The average molecular weight is 263 g/mol. The number of hydrogen-bond donors (Lipinski definition) is 2. The van der Waals surface area contributed by atoms with E-state index in [1.54, 1.807) is 0 Å². The zero-order valence-corrected chi connectivity index (χ0v) is 12.1. The highest BCUT2D eigenvalue weighted by Crippen LogP contribution is 2.49. The Hall–Kier alpha value is -0.280. The number of hydrogen-bond acceptors (Lipinski definition) is 2. The van der Waals surface area contributed by atoms with E-state index in [1.807, 2.05) is 6.92 Å². The van der Waals surface area contributed by atoms with Crippen molar-refractivity contribution in [2.24, 2.45) is 17.1 Å². The zero-order valence-electron chi connectivity index (χ0n) is 11.3. The molecule has 1 rings (SSSR count). The van der Waals surface area contributed by atoms with Crippen molar-refractivity contribution in [1.29, 1.82) is 0 Å². The predicted molar refractivity (Wildman–Crippen MR) is 74.3 cm³/mol. The normalized spacial score (nSPS) is 18.4. The van der Waals surface area contributed by atoms with Crippen molar-refractivity contribution in [3.8, 4) is 0 Å². The summed E-state index contributed by atoms with van der Waals surface area (Å²) in [6.45, 7) is 7.35. The van der Waals surface area contributed by atoms with Crippen molar-refractivity contribution in [3.63, 3.8) is 0 Å². The molecule has 3 N–H and O–H groups in total. The van der Waals surface area contributed by atoms with Crippen LogP contribution in [0.2, 0.25) is 0 Å². The van der Waals surface area contributed by atoms with Crippen LogP contribution in [0.1, 0.15) is 52.9 Å². The number of carbonyl (C=O) groups is 1. The molecule has 0 saturated heterocycles. The fourth-order valence-electron chi connectivity index (χ4n) is 2.34. The van der Waals surface area contributed by atoms with Gasteiger partial charge in [-0.25, -0.2) is 0 Å². The van der Waals surface area contributed by atoms with Gasteiger partial charge >= 0.3 is 0 Å². The van der Waals surface area contributed by atoms with Gasteiger partial charge in [-0.2, -0.15) is 0 Å². The molecule has 0 aromatic rings. The molecule has 1 aliphatic rings. The van der Waals surface area contributed by atoms with Crippen LogP contribution >= 0.6 is 12.4 Å². The molecule has 1 fully saturated rings. The highest BCUT2D eigenvalue weighted by molar-refractivity contribution is 5.85. The van der Waals surface area contributed by atoms with Crippen molar-refractivity contribution < 1.29 is 4.79 Å². The molecule has 1 unspecified atom stereocenters. The monoisotopic (exact) mass is 262 g/mol. The summed E-state index contributed by atoms with van der Waals surface area (Å²) >= 11 is 0. The Morgan fingerprint density at radius 3 is 2.41 bits per heavy atom. The van der Waals surface area contributed by atoms with Gasteiger partial charge in [0.25, 0.3) is 0 Å². The molecule has 0 radical (unpaired) electrons. The van der Waals surface area contributed by atoms with Crippen LogP contribution in [-0.4, -0.2) is 18.5 Å². The number of carbonyl (C=O) groups excluding carboxylic acids is 1. The third kappa shape index (κ3) is 5.73. The van der Waals surface area contributed by atoms with Gasteiger partial charge in [-0.1, -0.05) is 27.2 Å². The van der Waals surface area contributed by atoms with Crippen molar-refractivity contribution in [1.82, 2.24) is 5.32 Å². The molecule has 3 nitrogen and oxygen atoms in total. The molecule has 0 aromatic heterocycles. The molecular formula is C13H27ClN2O. The second-order valence-electron chi connectivity index (χ2n) is 5.71. The van der Waals surface area contributed by atoms with Crippen molar-refractivity contribution in [2.75, 3.05) is 6.54 Å². The van der Waals surface area contributed by atoms with Crippen LogP contribution in [0.15, 0.2) is 0 Å². The third-order valence-corrected chi connectivity index (χ3v) is 3.37. The Bertz CT molecular complexity index is 240. The summed E-state index contributed by atoms with van der Waals surface area (Å²) in [7, 11) is 0. The maximum Gasteiger partial charge on any atom is 0.236 e. The second kappa shape index (κ2) is 7.22. The minimum absolute atomic E-state index is 0. The quantitative estimate of drug-likeness (QED) is 0.741. The van der Waals surface area contributed by atoms with Gasteiger partial charge in [-0.05, 0) is 37.0 Å². The van der Waals surface area contributed by atoms with Gasteiger partial charge in [0.05, 0.1) is 6.04 Å². The summed E-state index contributed by atoms with van der Waals surface area (Å²) in [5, 5.41) is 3.01. The Morgan fingerprint density at radius 1 is 1.41 bits per heavy atom. The minimum Gasteiger partial charge on any atom is -0.354 e. The van der Waals surface area contributed by atoms with E-state index in [9.17, 15) is 4.79 Å². The topological polar surface area (TPSA) is 55.1 Å². The van der Waals surface area contributed by atoms with Gasteiger partial charge < -0.3 is 11.1 Å². The molecule has 1 saturated carbocycles. The smallest absolute Gasteiger partial charge is 0.236 e. The molecule has 1 amide bonds. The van der Waals surface area contributed by atoms with E-state index in [4.69, 9.17) is 5.73 Å². The van der Waals surface area contributed by atoms with Crippen LogP contribution in [0.4, 0.5) is 0 Å².